The molecule has 2 heterocycles. The van der Waals surface area contributed by atoms with Crippen molar-refractivity contribution in [1.29, 1.82) is 0 Å². The predicted octanol–water partition coefficient (Wildman–Crippen LogP) is 6.83. The summed E-state index contributed by atoms with van der Waals surface area (Å²) in [5.74, 6) is 0.878. The van der Waals surface area contributed by atoms with Crippen molar-refractivity contribution < 1.29 is 22.6 Å². The van der Waals surface area contributed by atoms with Gasteiger partial charge >= 0.3 is 6.18 Å². The number of alkyl halides is 3. The molecule has 0 radical (unpaired) electrons. The third-order valence-corrected chi connectivity index (χ3v) is 5.98. The Labute approximate surface area is 207 Å². The van der Waals surface area contributed by atoms with Crippen molar-refractivity contribution in [2.75, 3.05) is 12.8 Å². The summed E-state index contributed by atoms with van der Waals surface area (Å²) in [5.41, 5.74) is 6.54. The molecular weight excluding hydrogens is 469 g/mol. The molecule has 36 heavy (non-hydrogen) atoms. The Morgan fingerprint density at radius 3 is 2.22 bits per heavy atom. The minimum Gasteiger partial charge on any atom is -0.497 e. The first kappa shape index (κ1) is 25.2. The van der Waals surface area contributed by atoms with Gasteiger partial charge in [-0.25, -0.2) is 0 Å². The van der Waals surface area contributed by atoms with Crippen LogP contribution in [0.5, 0.6) is 11.5 Å². The van der Waals surface area contributed by atoms with Crippen LogP contribution in [0.4, 0.5) is 19.0 Å². The summed E-state index contributed by atoms with van der Waals surface area (Å²) in [7, 11) is 1.55. The van der Waals surface area contributed by atoms with Crippen molar-refractivity contribution in [3.63, 3.8) is 0 Å². The van der Waals surface area contributed by atoms with Gasteiger partial charge in [-0.1, -0.05) is 44.2 Å². The SMILES string of the molecule is C1CCCC1.COc1ccc(COc2cc(C(F)(F)F)ccc2-c2nnc(N)c3cnccc23)cc1. The van der Waals surface area contributed by atoms with Crippen molar-refractivity contribution in [3.8, 4) is 22.8 Å². The number of anilines is 1. The number of ether oxygens (including phenoxy) is 2. The summed E-state index contributed by atoms with van der Waals surface area (Å²) in [6.07, 6.45) is 6.06. The van der Waals surface area contributed by atoms with E-state index in [2.05, 4.69) is 15.2 Å². The fourth-order valence-electron chi connectivity index (χ4n) is 4.00. The van der Waals surface area contributed by atoms with Crippen LogP contribution in [0.1, 0.15) is 43.2 Å². The molecule has 0 amide bonds. The average Bonchev–Trinajstić information content (AvgIpc) is 3.48. The molecule has 1 saturated carbocycles. The summed E-state index contributed by atoms with van der Waals surface area (Å²) in [6, 6.07) is 12.0. The number of hydrogen-bond donors (Lipinski definition) is 1. The quantitative estimate of drug-likeness (QED) is 0.326. The van der Waals surface area contributed by atoms with E-state index >= 15 is 0 Å². The number of benzene rings is 2. The van der Waals surface area contributed by atoms with E-state index in [0.29, 0.717) is 27.8 Å². The van der Waals surface area contributed by atoms with E-state index in [1.165, 1.54) is 44.4 Å². The maximum Gasteiger partial charge on any atom is 0.416 e. The molecule has 4 aromatic rings. The van der Waals surface area contributed by atoms with Gasteiger partial charge in [0.15, 0.2) is 5.82 Å². The monoisotopic (exact) mass is 496 g/mol. The molecule has 1 fully saturated rings. The zero-order valence-corrected chi connectivity index (χ0v) is 19.9. The molecule has 188 valence electrons. The lowest BCUT2D eigenvalue weighted by Gasteiger charge is -2.16. The molecule has 2 N–H and O–H groups in total. The number of aromatic nitrogens is 3. The highest BCUT2D eigenvalue weighted by atomic mass is 19.4. The number of nitrogens with zero attached hydrogens (tertiary/aromatic N) is 3. The van der Waals surface area contributed by atoms with E-state index < -0.39 is 11.7 Å². The highest BCUT2D eigenvalue weighted by Crippen LogP contribution is 2.39. The van der Waals surface area contributed by atoms with Crippen LogP contribution in [0.25, 0.3) is 22.0 Å². The molecule has 2 aromatic carbocycles. The molecule has 0 unspecified atom stereocenters. The van der Waals surface area contributed by atoms with Gasteiger partial charge in [-0.05, 0) is 42.0 Å². The van der Waals surface area contributed by atoms with Crippen LogP contribution in [0.3, 0.4) is 0 Å². The Morgan fingerprint density at radius 2 is 1.58 bits per heavy atom. The van der Waals surface area contributed by atoms with Gasteiger partial charge in [0.1, 0.15) is 23.8 Å². The topological polar surface area (TPSA) is 83.2 Å². The number of nitrogen functional groups attached to an aromatic ring is 1. The Hall–Kier alpha value is -3.88. The zero-order chi connectivity index (χ0) is 25.5. The first-order valence-corrected chi connectivity index (χ1v) is 11.7. The number of nitrogens with two attached hydrogens (primary N) is 1. The first-order valence-electron chi connectivity index (χ1n) is 11.7. The van der Waals surface area contributed by atoms with Crippen molar-refractivity contribution in [2.45, 2.75) is 44.9 Å². The average molecular weight is 497 g/mol. The summed E-state index contributed by atoms with van der Waals surface area (Å²) < 4.78 is 50.9. The van der Waals surface area contributed by atoms with Crippen molar-refractivity contribution >= 4 is 16.6 Å². The van der Waals surface area contributed by atoms with E-state index in [1.54, 1.807) is 43.6 Å². The Kier molecular flexibility index (Phi) is 7.87. The van der Waals surface area contributed by atoms with Crippen molar-refractivity contribution in [2.24, 2.45) is 0 Å². The Morgan fingerprint density at radius 1 is 0.889 bits per heavy atom. The van der Waals surface area contributed by atoms with Gasteiger partial charge in [0.25, 0.3) is 0 Å². The molecule has 0 bridgehead atoms. The van der Waals surface area contributed by atoms with Crippen molar-refractivity contribution in [1.82, 2.24) is 15.2 Å². The maximum atomic E-state index is 13.3. The van der Waals surface area contributed by atoms with Gasteiger partial charge in [-0.15, -0.1) is 10.2 Å². The van der Waals surface area contributed by atoms with Gasteiger partial charge in [0.05, 0.1) is 12.7 Å². The Balaban J connectivity index is 0.000000543. The smallest absolute Gasteiger partial charge is 0.416 e. The second-order valence-corrected chi connectivity index (χ2v) is 8.47. The molecule has 1 aliphatic rings. The molecule has 0 spiro atoms. The van der Waals surface area contributed by atoms with Crippen LogP contribution >= 0.6 is 0 Å². The summed E-state index contributed by atoms with van der Waals surface area (Å²) in [5, 5.41) is 9.21. The molecule has 6 nitrogen and oxygen atoms in total. The number of pyridine rings is 1. The minimum atomic E-state index is -4.52. The number of methoxy groups -OCH3 is 1. The molecule has 2 aromatic heterocycles. The molecule has 9 heteroatoms. The lowest BCUT2D eigenvalue weighted by Crippen LogP contribution is -2.07. The van der Waals surface area contributed by atoms with Crippen LogP contribution in [0, 0.1) is 0 Å². The number of fused-ring (bicyclic) bond motifs is 1. The fraction of sp³-hybridized carbons (Fsp3) is 0.296. The summed E-state index contributed by atoms with van der Waals surface area (Å²) in [6.45, 7) is 0.0557. The van der Waals surface area contributed by atoms with Crippen LogP contribution in [-0.4, -0.2) is 22.3 Å². The lowest BCUT2D eigenvalue weighted by atomic mass is 10.0. The van der Waals surface area contributed by atoms with Gasteiger partial charge in [-0.3, -0.25) is 4.98 Å². The maximum absolute atomic E-state index is 13.3. The van der Waals surface area contributed by atoms with E-state index in [-0.39, 0.29) is 18.2 Å². The standard InChI is InChI=1S/C22H17F3N4O2.C5H10/c1-30-15-5-2-13(3-6-15)12-31-19-10-14(22(23,24)25)4-7-17(19)20-16-8-9-27-11-18(16)21(26)29-28-20;1-2-4-5-3-1/h2-11H,12H2,1H3,(H2,26,29);1-5H2. The Bertz CT molecular complexity index is 1300. The molecule has 5 rings (SSSR count). The van der Waals surface area contributed by atoms with Gasteiger partial charge in [0, 0.05) is 28.7 Å². The van der Waals surface area contributed by atoms with E-state index in [9.17, 15) is 13.2 Å². The van der Waals surface area contributed by atoms with Crippen LogP contribution in [0.2, 0.25) is 0 Å². The van der Waals surface area contributed by atoms with Gasteiger partial charge in [-0.2, -0.15) is 13.2 Å². The highest BCUT2D eigenvalue weighted by Gasteiger charge is 2.32. The van der Waals surface area contributed by atoms with Crippen LogP contribution in [0.15, 0.2) is 60.9 Å². The van der Waals surface area contributed by atoms with E-state index in [0.717, 1.165) is 17.7 Å². The third-order valence-electron chi connectivity index (χ3n) is 5.98. The van der Waals surface area contributed by atoms with E-state index in [1.807, 2.05) is 0 Å². The van der Waals surface area contributed by atoms with E-state index in [4.69, 9.17) is 15.2 Å². The first-order chi connectivity index (χ1) is 17.4. The van der Waals surface area contributed by atoms with Gasteiger partial charge in [0.2, 0.25) is 0 Å². The summed E-state index contributed by atoms with van der Waals surface area (Å²) in [4.78, 5) is 4.03. The number of halogens is 3. The molecular formula is C27H27F3N4O2. The van der Waals surface area contributed by atoms with Crippen LogP contribution in [-0.2, 0) is 12.8 Å². The minimum absolute atomic E-state index is 0.0304. The number of rotatable bonds is 5. The number of hydrogen-bond acceptors (Lipinski definition) is 6. The van der Waals surface area contributed by atoms with Crippen molar-refractivity contribution in [3.05, 3.63) is 72.1 Å². The zero-order valence-electron chi connectivity index (χ0n) is 19.9. The third kappa shape index (κ3) is 6.02. The predicted molar refractivity (Wildman–Crippen MR) is 133 cm³/mol. The molecule has 1 aliphatic carbocycles. The normalized spacial score (nSPS) is 13.2. The molecule has 0 atom stereocenters. The highest BCUT2D eigenvalue weighted by molar-refractivity contribution is 5.99. The van der Waals surface area contributed by atoms with Crippen LogP contribution < -0.4 is 15.2 Å². The summed E-state index contributed by atoms with van der Waals surface area (Å²) >= 11 is 0. The largest absolute Gasteiger partial charge is 0.497 e. The fourth-order valence-corrected chi connectivity index (χ4v) is 4.00. The van der Waals surface area contributed by atoms with Gasteiger partial charge < -0.3 is 15.2 Å². The second kappa shape index (κ2) is 11.2. The lowest BCUT2D eigenvalue weighted by molar-refractivity contribution is -0.137. The molecule has 0 aliphatic heterocycles. The molecule has 0 saturated heterocycles. The second-order valence-electron chi connectivity index (χ2n) is 8.47.